The number of carbonyl (C=O) groups is 1. The highest BCUT2D eigenvalue weighted by molar-refractivity contribution is 5.89. The molecule has 0 fully saturated rings. The first-order chi connectivity index (χ1) is 12.3. The molecule has 6 heteroatoms. The molecule has 0 N–H and O–H groups in total. The summed E-state index contributed by atoms with van der Waals surface area (Å²) >= 11 is 0. The maximum atomic E-state index is 11.6. The molecule has 1 atom stereocenters. The quantitative estimate of drug-likeness (QED) is 0.748. The van der Waals surface area contributed by atoms with Gasteiger partial charge in [0.15, 0.2) is 23.0 Å². The highest BCUT2D eigenvalue weighted by atomic mass is 16.7. The van der Waals surface area contributed by atoms with Crippen molar-refractivity contribution in [3.8, 4) is 34.1 Å². The van der Waals surface area contributed by atoms with Gasteiger partial charge in [-0.3, -0.25) is 4.79 Å². The molecule has 0 saturated heterocycles. The van der Waals surface area contributed by atoms with Gasteiger partial charge in [-0.1, -0.05) is 6.07 Å². The van der Waals surface area contributed by atoms with Crippen molar-refractivity contribution < 1.29 is 23.7 Å². The van der Waals surface area contributed by atoms with Crippen molar-refractivity contribution >= 4 is 6.41 Å². The SMILES string of the molecule is O=CN1CCc2cc3c(c4c2[C@@H]1Cc1ccc2c(c1-4)OCO2)OCO3. The molecule has 0 spiro atoms. The molecule has 3 heterocycles. The summed E-state index contributed by atoms with van der Waals surface area (Å²) in [6.45, 7) is 1.17. The fourth-order valence-electron chi connectivity index (χ4n) is 4.53. The first kappa shape index (κ1) is 13.4. The first-order valence-electron chi connectivity index (χ1n) is 8.43. The minimum atomic E-state index is 0.0265. The maximum absolute atomic E-state index is 11.6. The molecule has 0 saturated carbocycles. The van der Waals surface area contributed by atoms with E-state index in [0.717, 1.165) is 65.5 Å². The second-order valence-corrected chi connectivity index (χ2v) is 6.70. The summed E-state index contributed by atoms with van der Waals surface area (Å²) in [4.78, 5) is 13.5. The van der Waals surface area contributed by atoms with E-state index in [-0.39, 0.29) is 19.6 Å². The van der Waals surface area contributed by atoms with Crippen LogP contribution in [0.1, 0.15) is 22.7 Å². The van der Waals surface area contributed by atoms with E-state index in [1.54, 1.807) is 0 Å². The summed E-state index contributed by atoms with van der Waals surface area (Å²) < 4.78 is 22.9. The molecule has 6 rings (SSSR count). The summed E-state index contributed by atoms with van der Waals surface area (Å²) in [5, 5.41) is 0. The van der Waals surface area contributed by atoms with Gasteiger partial charge in [-0.15, -0.1) is 0 Å². The lowest BCUT2D eigenvalue weighted by atomic mass is 9.76. The van der Waals surface area contributed by atoms with Gasteiger partial charge in [0, 0.05) is 17.7 Å². The van der Waals surface area contributed by atoms with E-state index in [1.165, 1.54) is 11.1 Å². The van der Waals surface area contributed by atoms with Gasteiger partial charge in [0.1, 0.15) is 0 Å². The van der Waals surface area contributed by atoms with Crippen molar-refractivity contribution in [1.82, 2.24) is 4.90 Å². The highest BCUT2D eigenvalue weighted by Gasteiger charge is 2.40. The number of ether oxygens (including phenoxy) is 4. The molecule has 3 aliphatic heterocycles. The number of carbonyl (C=O) groups excluding carboxylic acids is 1. The second kappa shape index (κ2) is 4.59. The molecule has 2 aromatic rings. The van der Waals surface area contributed by atoms with Crippen LogP contribution in [0, 0.1) is 0 Å². The Morgan fingerprint density at radius 3 is 2.60 bits per heavy atom. The summed E-state index contributed by atoms with van der Waals surface area (Å²) in [5.74, 6) is 3.05. The monoisotopic (exact) mass is 337 g/mol. The standard InChI is InChI=1S/C19H15NO5/c21-7-20-4-3-11-6-14-19(25-9-23-14)17-15(11)12(20)5-10-1-2-13-18(16(10)17)24-8-22-13/h1-2,6-7,12H,3-5,8-9H2/t12-/m0/s1. The van der Waals surface area contributed by atoms with E-state index in [0.29, 0.717) is 0 Å². The smallest absolute Gasteiger partial charge is 0.231 e. The minimum Gasteiger partial charge on any atom is -0.454 e. The summed E-state index contributed by atoms with van der Waals surface area (Å²) in [7, 11) is 0. The lowest BCUT2D eigenvalue weighted by molar-refractivity contribution is -0.120. The van der Waals surface area contributed by atoms with Crippen molar-refractivity contribution in [3.63, 3.8) is 0 Å². The molecule has 126 valence electrons. The summed E-state index contributed by atoms with van der Waals surface area (Å²) in [6, 6.07) is 6.11. The van der Waals surface area contributed by atoms with Crippen LogP contribution >= 0.6 is 0 Å². The summed E-state index contributed by atoms with van der Waals surface area (Å²) in [5.41, 5.74) is 5.57. The zero-order valence-corrected chi connectivity index (χ0v) is 13.4. The Morgan fingerprint density at radius 1 is 0.960 bits per heavy atom. The van der Waals surface area contributed by atoms with Gasteiger partial charge in [0.05, 0.1) is 6.04 Å². The van der Waals surface area contributed by atoms with Crippen molar-refractivity contribution in [2.24, 2.45) is 0 Å². The van der Waals surface area contributed by atoms with Gasteiger partial charge in [-0.25, -0.2) is 0 Å². The molecule has 0 unspecified atom stereocenters. The Labute approximate surface area is 143 Å². The topological polar surface area (TPSA) is 57.2 Å². The lowest BCUT2D eigenvalue weighted by Crippen LogP contribution is -2.37. The second-order valence-electron chi connectivity index (χ2n) is 6.70. The Kier molecular flexibility index (Phi) is 2.46. The molecule has 2 aromatic carbocycles. The van der Waals surface area contributed by atoms with E-state index < -0.39 is 0 Å². The van der Waals surface area contributed by atoms with Gasteiger partial charge in [0.25, 0.3) is 0 Å². The third-order valence-corrected chi connectivity index (χ3v) is 5.59. The van der Waals surface area contributed by atoms with Crippen molar-refractivity contribution in [2.45, 2.75) is 18.9 Å². The van der Waals surface area contributed by atoms with Crippen LogP contribution in [0.25, 0.3) is 11.1 Å². The molecule has 0 radical (unpaired) electrons. The fraction of sp³-hybridized carbons (Fsp3) is 0.316. The molecule has 4 aliphatic rings. The van der Waals surface area contributed by atoms with Gasteiger partial charge < -0.3 is 23.8 Å². The number of benzene rings is 2. The number of hydrogen-bond acceptors (Lipinski definition) is 5. The van der Waals surface area contributed by atoms with Crippen LogP contribution in [0.4, 0.5) is 0 Å². The van der Waals surface area contributed by atoms with Crippen LogP contribution in [-0.4, -0.2) is 31.4 Å². The Bertz CT molecular complexity index is 938. The van der Waals surface area contributed by atoms with E-state index in [1.807, 2.05) is 11.0 Å². The minimum absolute atomic E-state index is 0.0265. The fourth-order valence-corrected chi connectivity index (χ4v) is 4.53. The molecule has 0 bridgehead atoms. The molecule has 0 aromatic heterocycles. The van der Waals surface area contributed by atoms with E-state index >= 15 is 0 Å². The number of hydrogen-bond donors (Lipinski definition) is 0. The largest absolute Gasteiger partial charge is 0.454 e. The van der Waals surface area contributed by atoms with E-state index in [9.17, 15) is 4.79 Å². The van der Waals surface area contributed by atoms with Crippen LogP contribution < -0.4 is 18.9 Å². The van der Waals surface area contributed by atoms with Crippen molar-refractivity contribution in [1.29, 1.82) is 0 Å². The normalized spacial score (nSPS) is 21.0. The highest BCUT2D eigenvalue weighted by Crippen LogP contribution is 2.57. The molecule has 6 nitrogen and oxygen atoms in total. The van der Waals surface area contributed by atoms with Crippen LogP contribution in [0.5, 0.6) is 23.0 Å². The van der Waals surface area contributed by atoms with E-state index in [4.69, 9.17) is 18.9 Å². The zero-order chi connectivity index (χ0) is 16.5. The van der Waals surface area contributed by atoms with Crippen molar-refractivity contribution in [2.75, 3.05) is 20.1 Å². The number of rotatable bonds is 1. The average molecular weight is 337 g/mol. The van der Waals surface area contributed by atoms with Crippen LogP contribution in [0.2, 0.25) is 0 Å². The molecule has 1 amide bonds. The summed E-state index contributed by atoms with van der Waals surface area (Å²) in [6.07, 6.45) is 2.54. The molecular formula is C19H15NO5. The van der Waals surface area contributed by atoms with Crippen LogP contribution in [0.3, 0.4) is 0 Å². The predicted molar refractivity (Wildman–Crippen MR) is 87.0 cm³/mol. The Balaban J connectivity index is 1.72. The number of fused-ring (bicyclic) bond motifs is 6. The van der Waals surface area contributed by atoms with E-state index in [2.05, 4.69) is 12.1 Å². The zero-order valence-electron chi connectivity index (χ0n) is 13.4. The maximum Gasteiger partial charge on any atom is 0.231 e. The van der Waals surface area contributed by atoms with Gasteiger partial charge in [-0.2, -0.15) is 0 Å². The lowest BCUT2D eigenvalue weighted by Gasteiger charge is -2.40. The van der Waals surface area contributed by atoms with Gasteiger partial charge in [0.2, 0.25) is 20.0 Å². The Hall–Kier alpha value is -2.89. The van der Waals surface area contributed by atoms with Crippen LogP contribution in [-0.2, 0) is 17.6 Å². The van der Waals surface area contributed by atoms with Crippen LogP contribution in [0.15, 0.2) is 18.2 Å². The average Bonchev–Trinajstić information content (AvgIpc) is 3.30. The Morgan fingerprint density at radius 2 is 1.76 bits per heavy atom. The first-order valence-corrected chi connectivity index (χ1v) is 8.43. The van der Waals surface area contributed by atoms with Crippen molar-refractivity contribution in [3.05, 3.63) is 34.9 Å². The molecular weight excluding hydrogens is 322 g/mol. The third-order valence-electron chi connectivity index (χ3n) is 5.59. The number of nitrogens with zero attached hydrogens (tertiary/aromatic N) is 1. The van der Waals surface area contributed by atoms with Gasteiger partial charge in [-0.05, 0) is 41.7 Å². The third kappa shape index (κ3) is 1.61. The molecule has 25 heavy (non-hydrogen) atoms. The van der Waals surface area contributed by atoms with Gasteiger partial charge >= 0.3 is 0 Å². The number of amides is 1. The molecule has 1 aliphatic carbocycles. The predicted octanol–water partition coefficient (Wildman–Crippen LogP) is 2.42.